The van der Waals surface area contributed by atoms with Crippen LogP contribution < -0.4 is 14.2 Å². The number of para-hydroxylation sites is 1. The molecule has 3 aromatic carbocycles. The molecule has 142 valence electrons. The lowest BCUT2D eigenvalue weighted by Crippen LogP contribution is -2.24. The van der Waals surface area contributed by atoms with E-state index in [4.69, 9.17) is 18.9 Å². The second-order valence-corrected chi connectivity index (χ2v) is 6.42. The summed E-state index contributed by atoms with van der Waals surface area (Å²) in [6.07, 6.45) is -0.741. The number of methoxy groups -OCH3 is 2. The predicted octanol–water partition coefficient (Wildman–Crippen LogP) is 3.95. The van der Waals surface area contributed by atoms with Crippen molar-refractivity contribution in [1.82, 2.24) is 0 Å². The molecule has 0 N–H and O–H groups in total. The summed E-state index contributed by atoms with van der Waals surface area (Å²) in [7, 11) is 3.23. The first-order chi connectivity index (χ1) is 13.7. The average Bonchev–Trinajstić information content (AvgIpc) is 3.52. The summed E-state index contributed by atoms with van der Waals surface area (Å²) >= 11 is 0. The van der Waals surface area contributed by atoms with Crippen LogP contribution in [0.1, 0.15) is 11.1 Å². The van der Waals surface area contributed by atoms with Gasteiger partial charge in [0.2, 0.25) is 0 Å². The van der Waals surface area contributed by atoms with Gasteiger partial charge in [0.25, 0.3) is 0 Å². The maximum atomic E-state index is 12.8. The zero-order valence-electron chi connectivity index (χ0n) is 15.6. The van der Waals surface area contributed by atoms with E-state index in [1.165, 1.54) is 0 Å². The van der Waals surface area contributed by atoms with Crippen LogP contribution in [0.5, 0.6) is 17.2 Å². The molecule has 28 heavy (non-hydrogen) atoms. The summed E-state index contributed by atoms with van der Waals surface area (Å²) in [6, 6.07) is 24.0. The first-order valence-electron chi connectivity index (χ1n) is 8.91. The van der Waals surface area contributed by atoms with Crippen LogP contribution in [0, 0.1) is 0 Å². The fraction of sp³-hybridized carbons (Fsp3) is 0.174. The van der Waals surface area contributed by atoms with Crippen molar-refractivity contribution in [3.63, 3.8) is 0 Å². The van der Waals surface area contributed by atoms with Crippen molar-refractivity contribution in [2.75, 3.05) is 14.2 Å². The van der Waals surface area contributed by atoms with Crippen molar-refractivity contribution in [1.29, 1.82) is 0 Å². The number of rotatable bonds is 6. The normalized spacial score (nSPS) is 16.9. The molecule has 1 unspecified atom stereocenters. The highest BCUT2D eigenvalue weighted by Gasteiger charge is 2.64. The van der Waals surface area contributed by atoms with Gasteiger partial charge < -0.3 is 18.9 Å². The van der Waals surface area contributed by atoms with Crippen molar-refractivity contribution in [2.24, 2.45) is 0 Å². The Morgan fingerprint density at radius 2 is 1.25 bits per heavy atom. The summed E-state index contributed by atoms with van der Waals surface area (Å²) < 4.78 is 22.0. The average molecular weight is 376 g/mol. The van der Waals surface area contributed by atoms with Gasteiger partial charge in [-0.15, -0.1) is 0 Å². The monoisotopic (exact) mass is 376 g/mol. The molecular formula is C23H20O5. The zero-order valence-corrected chi connectivity index (χ0v) is 15.6. The van der Waals surface area contributed by atoms with E-state index >= 15 is 0 Å². The van der Waals surface area contributed by atoms with Crippen molar-refractivity contribution in [3.05, 3.63) is 90.0 Å². The minimum absolute atomic E-state index is 0.433. The van der Waals surface area contributed by atoms with E-state index in [2.05, 4.69) is 0 Å². The summed E-state index contributed by atoms with van der Waals surface area (Å²) in [6.45, 7) is 0. The van der Waals surface area contributed by atoms with Gasteiger partial charge in [0.05, 0.1) is 14.2 Å². The molecule has 0 saturated carbocycles. The zero-order chi connectivity index (χ0) is 19.6. The summed E-state index contributed by atoms with van der Waals surface area (Å²) in [4.78, 5) is 12.8. The van der Waals surface area contributed by atoms with E-state index in [-0.39, 0.29) is 0 Å². The standard InChI is InChI=1S/C23H20O5/c1-25-18-12-8-16(9-13-18)23(17-10-14-19(26-2)15-11-17)21(28-23)22(24)27-20-6-4-3-5-7-20/h3-15,21H,1-2H3. The minimum atomic E-state index is -0.898. The van der Waals surface area contributed by atoms with Crippen molar-refractivity contribution < 1.29 is 23.7 Å². The summed E-state index contributed by atoms with van der Waals surface area (Å²) in [5.74, 6) is 1.52. The molecule has 3 aromatic rings. The molecule has 0 aliphatic carbocycles. The first-order valence-corrected chi connectivity index (χ1v) is 8.91. The molecule has 1 saturated heterocycles. The van der Waals surface area contributed by atoms with Crippen molar-refractivity contribution in [2.45, 2.75) is 11.7 Å². The van der Waals surface area contributed by atoms with Gasteiger partial charge in [0, 0.05) is 0 Å². The highest BCUT2D eigenvalue weighted by atomic mass is 16.7. The van der Waals surface area contributed by atoms with E-state index in [0.717, 1.165) is 22.6 Å². The number of hydrogen-bond acceptors (Lipinski definition) is 5. The third-order valence-corrected chi connectivity index (χ3v) is 4.83. The van der Waals surface area contributed by atoms with E-state index in [9.17, 15) is 4.79 Å². The molecule has 1 fully saturated rings. The Balaban J connectivity index is 1.67. The molecule has 4 rings (SSSR count). The van der Waals surface area contributed by atoms with Gasteiger partial charge in [0.1, 0.15) is 17.2 Å². The van der Waals surface area contributed by atoms with Crippen molar-refractivity contribution >= 4 is 5.97 Å². The molecule has 0 spiro atoms. The van der Waals surface area contributed by atoms with Gasteiger partial charge >= 0.3 is 5.97 Å². The second-order valence-electron chi connectivity index (χ2n) is 6.42. The van der Waals surface area contributed by atoms with Gasteiger partial charge in [-0.1, -0.05) is 42.5 Å². The van der Waals surface area contributed by atoms with E-state index in [1.807, 2.05) is 66.7 Å². The molecule has 0 amide bonds. The molecule has 0 bridgehead atoms. The number of esters is 1. The topological polar surface area (TPSA) is 57.3 Å². The molecule has 1 heterocycles. The summed E-state index contributed by atoms with van der Waals surface area (Å²) in [5.41, 5.74) is 0.812. The van der Waals surface area contributed by atoms with Gasteiger partial charge in [-0.25, -0.2) is 4.79 Å². The predicted molar refractivity (Wildman–Crippen MR) is 104 cm³/mol. The van der Waals surface area contributed by atoms with Crippen LogP contribution in [0.2, 0.25) is 0 Å². The van der Waals surface area contributed by atoms with Crippen LogP contribution >= 0.6 is 0 Å². The third-order valence-electron chi connectivity index (χ3n) is 4.83. The molecule has 0 aromatic heterocycles. The largest absolute Gasteiger partial charge is 0.497 e. The van der Waals surface area contributed by atoms with E-state index in [1.54, 1.807) is 26.4 Å². The Kier molecular flexibility index (Phi) is 4.75. The van der Waals surface area contributed by atoms with Gasteiger partial charge in [0.15, 0.2) is 11.7 Å². The van der Waals surface area contributed by atoms with E-state index in [0.29, 0.717) is 5.75 Å². The lowest BCUT2D eigenvalue weighted by molar-refractivity contribution is -0.135. The maximum Gasteiger partial charge on any atom is 0.344 e. The SMILES string of the molecule is COc1ccc(C2(c3ccc(OC)cc3)OC2C(=O)Oc2ccccc2)cc1. The molecule has 5 heteroatoms. The van der Waals surface area contributed by atoms with Crippen LogP contribution in [-0.2, 0) is 15.1 Å². The maximum absolute atomic E-state index is 12.8. The first kappa shape index (κ1) is 18.1. The molecule has 1 atom stereocenters. The fourth-order valence-electron chi connectivity index (χ4n) is 3.31. The highest BCUT2D eigenvalue weighted by Crippen LogP contribution is 2.52. The van der Waals surface area contributed by atoms with Crippen LogP contribution in [0.15, 0.2) is 78.9 Å². The number of carbonyl (C=O) groups excluding carboxylic acids is 1. The minimum Gasteiger partial charge on any atom is -0.497 e. The second kappa shape index (κ2) is 7.37. The Labute approximate surface area is 163 Å². The molecule has 5 nitrogen and oxygen atoms in total. The molecule has 1 aliphatic heterocycles. The fourth-order valence-corrected chi connectivity index (χ4v) is 3.31. The molecule has 0 radical (unpaired) electrons. The Morgan fingerprint density at radius 3 is 1.71 bits per heavy atom. The van der Waals surface area contributed by atoms with E-state index < -0.39 is 17.7 Å². The smallest absolute Gasteiger partial charge is 0.344 e. The number of carbonyl (C=O) groups is 1. The number of ether oxygens (including phenoxy) is 4. The van der Waals surface area contributed by atoms with Crippen LogP contribution in [0.4, 0.5) is 0 Å². The van der Waals surface area contributed by atoms with Crippen LogP contribution in [0.3, 0.4) is 0 Å². The Hall–Kier alpha value is -3.31. The number of hydrogen-bond donors (Lipinski definition) is 0. The summed E-state index contributed by atoms with van der Waals surface area (Å²) in [5, 5.41) is 0. The highest BCUT2D eigenvalue weighted by molar-refractivity contribution is 5.83. The van der Waals surface area contributed by atoms with Gasteiger partial charge in [-0.05, 0) is 47.5 Å². The Morgan fingerprint density at radius 1 is 0.750 bits per heavy atom. The van der Waals surface area contributed by atoms with Gasteiger partial charge in [-0.2, -0.15) is 0 Å². The number of benzene rings is 3. The van der Waals surface area contributed by atoms with Gasteiger partial charge in [-0.3, -0.25) is 0 Å². The Bertz CT molecular complexity index is 901. The van der Waals surface area contributed by atoms with Crippen molar-refractivity contribution in [3.8, 4) is 17.2 Å². The molecule has 1 aliphatic rings. The lowest BCUT2D eigenvalue weighted by Gasteiger charge is -2.15. The molecular weight excluding hydrogens is 356 g/mol. The van der Waals surface area contributed by atoms with Crippen LogP contribution in [-0.4, -0.2) is 26.3 Å². The quantitative estimate of drug-likeness (QED) is 0.370. The lowest BCUT2D eigenvalue weighted by atomic mass is 9.87. The third kappa shape index (κ3) is 3.21. The van der Waals surface area contributed by atoms with Crippen LogP contribution in [0.25, 0.3) is 0 Å². The number of epoxide rings is 1.